The standard InChI is InChI=1S/C14H26N2O3/c1-13(2,3)19-12(18)15-9-14(4,10-15)16-7-5-11(17)6-8-16/h11,17H,5-10H2,1-4H3. The molecular weight excluding hydrogens is 244 g/mol. The fraction of sp³-hybridized carbons (Fsp3) is 0.929. The Morgan fingerprint density at radius 1 is 1.26 bits per heavy atom. The molecule has 2 rings (SSSR count). The Hall–Kier alpha value is -0.810. The van der Waals surface area contributed by atoms with E-state index < -0.39 is 5.60 Å². The smallest absolute Gasteiger partial charge is 0.410 e. The van der Waals surface area contributed by atoms with Crippen LogP contribution in [-0.4, -0.2) is 64.4 Å². The monoisotopic (exact) mass is 270 g/mol. The van der Waals surface area contributed by atoms with Crippen LogP contribution in [0, 0.1) is 0 Å². The number of aliphatic hydroxyl groups excluding tert-OH is 1. The molecule has 2 aliphatic heterocycles. The zero-order chi connectivity index (χ0) is 14.3. The lowest BCUT2D eigenvalue weighted by Gasteiger charge is -2.55. The van der Waals surface area contributed by atoms with Crippen molar-refractivity contribution in [2.24, 2.45) is 0 Å². The number of carbonyl (C=O) groups excluding carboxylic acids is 1. The van der Waals surface area contributed by atoms with Crippen molar-refractivity contribution in [1.29, 1.82) is 0 Å². The van der Waals surface area contributed by atoms with Gasteiger partial charge in [0.1, 0.15) is 5.60 Å². The van der Waals surface area contributed by atoms with Crippen LogP contribution in [0.1, 0.15) is 40.5 Å². The van der Waals surface area contributed by atoms with Crippen LogP contribution in [0.4, 0.5) is 4.79 Å². The van der Waals surface area contributed by atoms with Crippen molar-refractivity contribution < 1.29 is 14.6 Å². The number of nitrogens with zero attached hydrogens (tertiary/aromatic N) is 2. The van der Waals surface area contributed by atoms with Crippen molar-refractivity contribution >= 4 is 6.09 Å². The summed E-state index contributed by atoms with van der Waals surface area (Å²) in [6, 6.07) is 0. The molecule has 0 aromatic heterocycles. The molecule has 1 N–H and O–H groups in total. The van der Waals surface area contributed by atoms with Gasteiger partial charge >= 0.3 is 6.09 Å². The Morgan fingerprint density at radius 3 is 2.26 bits per heavy atom. The third kappa shape index (κ3) is 3.39. The first-order valence-corrected chi connectivity index (χ1v) is 7.11. The lowest BCUT2D eigenvalue weighted by Crippen LogP contribution is -2.71. The molecule has 0 aliphatic carbocycles. The minimum Gasteiger partial charge on any atom is -0.444 e. The third-order valence-electron chi connectivity index (χ3n) is 3.94. The molecule has 0 unspecified atom stereocenters. The van der Waals surface area contributed by atoms with Crippen LogP contribution < -0.4 is 0 Å². The topological polar surface area (TPSA) is 53.0 Å². The van der Waals surface area contributed by atoms with Crippen molar-refractivity contribution in [3.8, 4) is 0 Å². The zero-order valence-corrected chi connectivity index (χ0v) is 12.5. The number of piperidine rings is 1. The van der Waals surface area contributed by atoms with Gasteiger partial charge in [0.25, 0.3) is 0 Å². The summed E-state index contributed by atoms with van der Waals surface area (Å²) in [5.74, 6) is 0. The highest BCUT2D eigenvalue weighted by molar-refractivity contribution is 5.69. The molecule has 110 valence electrons. The summed E-state index contributed by atoms with van der Waals surface area (Å²) >= 11 is 0. The normalized spacial score (nSPS) is 25.0. The van der Waals surface area contributed by atoms with Gasteiger partial charge in [0.15, 0.2) is 0 Å². The Kier molecular flexibility index (Phi) is 3.80. The van der Waals surface area contributed by atoms with Gasteiger partial charge in [-0.15, -0.1) is 0 Å². The quantitative estimate of drug-likeness (QED) is 0.783. The molecule has 0 bridgehead atoms. The number of ether oxygens (including phenoxy) is 1. The summed E-state index contributed by atoms with van der Waals surface area (Å²) in [6.07, 6.45) is 1.30. The second-order valence-corrected chi connectivity index (χ2v) is 7.05. The highest BCUT2D eigenvalue weighted by Gasteiger charge is 2.47. The van der Waals surface area contributed by atoms with Gasteiger partial charge in [-0.1, -0.05) is 0 Å². The predicted octanol–water partition coefficient (Wildman–Crippen LogP) is 1.45. The second kappa shape index (κ2) is 4.94. The highest BCUT2D eigenvalue weighted by atomic mass is 16.6. The Labute approximate surface area is 115 Å². The summed E-state index contributed by atoms with van der Waals surface area (Å²) in [7, 11) is 0. The van der Waals surface area contributed by atoms with E-state index in [0.717, 1.165) is 39.0 Å². The van der Waals surface area contributed by atoms with E-state index in [4.69, 9.17) is 4.74 Å². The fourth-order valence-electron chi connectivity index (χ4n) is 2.84. The summed E-state index contributed by atoms with van der Waals surface area (Å²) in [5.41, 5.74) is -0.380. The number of carbonyl (C=O) groups is 1. The zero-order valence-electron chi connectivity index (χ0n) is 12.5. The Bertz CT molecular complexity index is 337. The maximum atomic E-state index is 11.9. The largest absolute Gasteiger partial charge is 0.444 e. The molecule has 5 nitrogen and oxygen atoms in total. The SMILES string of the molecule is CC(C)(C)OC(=O)N1CC(C)(N2CCC(O)CC2)C1. The van der Waals surface area contributed by atoms with Gasteiger partial charge in [-0.2, -0.15) is 0 Å². The maximum Gasteiger partial charge on any atom is 0.410 e. The number of aliphatic hydroxyl groups is 1. The van der Waals surface area contributed by atoms with E-state index in [1.165, 1.54) is 0 Å². The lowest BCUT2D eigenvalue weighted by atomic mass is 9.88. The van der Waals surface area contributed by atoms with Gasteiger partial charge in [0, 0.05) is 26.2 Å². The molecule has 0 atom stereocenters. The molecule has 0 aromatic carbocycles. The van der Waals surface area contributed by atoms with E-state index in [0.29, 0.717) is 0 Å². The van der Waals surface area contributed by atoms with Crippen molar-refractivity contribution in [1.82, 2.24) is 9.80 Å². The number of hydrogen-bond acceptors (Lipinski definition) is 4. The van der Waals surface area contributed by atoms with E-state index in [2.05, 4.69) is 11.8 Å². The second-order valence-electron chi connectivity index (χ2n) is 7.05. The van der Waals surface area contributed by atoms with Gasteiger partial charge in [0.2, 0.25) is 0 Å². The summed E-state index contributed by atoms with van der Waals surface area (Å²) in [4.78, 5) is 16.1. The summed E-state index contributed by atoms with van der Waals surface area (Å²) in [6.45, 7) is 11.1. The van der Waals surface area contributed by atoms with Crippen LogP contribution in [0.25, 0.3) is 0 Å². The van der Waals surface area contributed by atoms with Gasteiger partial charge < -0.3 is 14.7 Å². The van der Waals surface area contributed by atoms with Crippen LogP contribution in [-0.2, 0) is 4.74 Å². The molecule has 19 heavy (non-hydrogen) atoms. The van der Waals surface area contributed by atoms with Crippen molar-refractivity contribution in [2.75, 3.05) is 26.2 Å². The molecule has 2 fully saturated rings. The van der Waals surface area contributed by atoms with E-state index in [1.54, 1.807) is 4.90 Å². The van der Waals surface area contributed by atoms with Crippen LogP contribution >= 0.6 is 0 Å². The van der Waals surface area contributed by atoms with Crippen molar-refractivity contribution in [3.63, 3.8) is 0 Å². The van der Waals surface area contributed by atoms with Gasteiger partial charge in [-0.3, -0.25) is 4.90 Å². The van der Waals surface area contributed by atoms with E-state index >= 15 is 0 Å². The van der Waals surface area contributed by atoms with Gasteiger partial charge in [0.05, 0.1) is 11.6 Å². The number of rotatable bonds is 1. The average Bonchev–Trinajstić information content (AvgIpc) is 2.23. The number of hydrogen-bond donors (Lipinski definition) is 1. The van der Waals surface area contributed by atoms with E-state index in [9.17, 15) is 9.90 Å². The first-order chi connectivity index (χ1) is 8.70. The average molecular weight is 270 g/mol. The maximum absolute atomic E-state index is 11.9. The number of amides is 1. The minimum atomic E-state index is -0.432. The molecular formula is C14H26N2O3. The Morgan fingerprint density at radius 2 is 1.79 bits per heavy atom. The molecule has 1 amide bonds. The van der Waals surface area contributed by atoms with E-state index in [1.807, 2.05) is 20.8 Å². The van der Waals surface area contributed by atoms with Crippen molar-refractivity contribution in [3.05, 3.63) is 0 Å². The van der Waals surface area contributed by atoms with Gasteiger partial charge in [-0.05, 0) is 40.5 Å². The first-order valence-electron chi connectivity index (χ1n) is 7.11. The number of likely N-dealkylation sites (tertiary alicyclic amines) is 2. The molecule has 0 radical (unpaired) electrons. The van der Waals surface area contributed by atoms with E-state index in [-0.39, 0.29) is 17.7 Å². The molecule has 2 heterocycles. The minimum absolute atomic E-state index is 0.0526. The first kappa shape index (κ1) is 14.6. The molecule has 2 saturated heterocycles. The Balaban J connectivity index is 1.82. The molecule has 5 heteroatoms. The third-order valence-corrected chi connectivity index (χ3v) is 3.94. The van der Waals surface area contributed by atoms with Gasteiger partial charge in [-0.25, -0.2) is 4.79 Å². The molecule has 2 aliphatic rings. The summed E-state index contributed by atoms with van der Waals surface area (Å²) in [5, 5.41) is 9.54. The van der Waals surface area contributed by atoms with Crippen LogP contribution in [0.15, 0.2) is 0 Å². The van der Waals surface area contributed by atoms with Crippen LogP contribution in [0.3, 0.4) is 0 Å². The van der Waals surface area contributed by atoms with Crippen LogP contribution in [0.2, 0.25) is 0 Å². The fourth-order valence-corrected chi connectivity index (χ4v) is 2.84. The lowest BCUT2D eigenvalue weighted by molar-refractivity contribution is -0.0722. The molecule has 0 aromatic rings. The highest BCUT2D eigenvalue weighted by Crippen LogP contribution is 2.31. The molecule has 0 saturated carbocycles. The van der Waals surface area contributed by atoms with Crippen LogP contribution in [0.5, 0.6) is 0 Å². The molecule has 0 spiro atoms. The predicted molar refractivity (Wildman–Crippen MR) is 73.0 cm³/mol. The summed E-state index contributed by atoms with van der Waals surface area (Å²) < 4.78 is 5.37. The van der Waals surface area contributed by atoms with Crippen molar-refractivity contribution in [2.45, 2.75) is 57.8 Å².